The maximum absolute atomic E-state index is 4.48. The van der Waals surface area contributed by atoms with Gasteiger partial charge in [-0.15, -0.1) is 0 Å². The number of thioether (sulfide) groups is 1. The Balaban J connectivity index is 1.72. The fourth-order valence-electron chi connectivity index (χ4n) is 1.86. The summed E-state index contributed by atoms with van der Waals surface area (Å²) in [4.78, 5) is 17.1. The minimum Gasteiger partial charge on any atom is -0.321 e. The average molecular weight is 271 g/mol. The number of aliphatic imine (C=N–C) groups is 4. The molecule has 1 atom stereocenters. The molecule has 0 aliphatic carbocycles. The van der Waals surface area contributed by atoms with Crippen molar-refractivity contribution in [1.82, 2.24) is 5.32 Å². The summed E-state index contributed by atoms with van der Waals surface area (Å²) in [6, 6.07) is 10.1. The van der Waals surface area contributed by atoms with Crippen LogP contribution in [-0.2, 0) is 5.75 Å². The molecular formula is C13H13N5S. The van der Waals surface area contributed by atoms with E-state index >= 15 is 0 Å². The van der Waals surface area contributed by atoms with E-state index < -0.39 is 0 Å². The lowest BCUT2D eigenvalue weighted by molar-refractivity contribution is 1.07. The number of hydrogen-bond acceptors (Lipinski definition) is 5. The number of hydrogen-bond donors (Lipinski definition) is 1. The van der Waals surface area contributed by atoms with E-state index in [1.54, 1.807) is 25.1 Å². The zero-order valence-corrected chi connectivity index (χ0v) is 11.3. The SMILES string of the molecule is CN=C1N=C(SCc2ccccc2)NC2=NC=NC12. The highest BCUT2D eigenvalue weighted by atomic mass is 32.2. The Morgan fingerprint density at radius 3 is 2.95 bits per heavy atom. The van der Waals surface area contributed by atoms with Gasteiger partial charge in [-0.3, -0.25) is 9.98 Å². The Morgan fingerprint density at radius 2 is 2.16 bits per heavy atom. The molecule has 1 unspecified atom stereocenters. The summed E-state index contributed by atoms with van der Waals surface area (Å²) < 4.78 is 0. The van der Waals surface area contributed by atoms with Crippen molar-refractivity contribution in [3.05, 3.63) is 35.9 Å². The van der Waals surface area contributed by atoms with E-state index in [1.807, 2.05) is 18.2 Å². The molecule has 0 amide bonds. The van der Waals surface area contributed by atoms with Crippen LogP contribution in [0.5, 0.6) is 0 Å². The normalized spacial score (nSPS) is 22.8. The predicted molar refractivity (Wildman–Crippen MR) is 81.4 cm³/mol. The van der Waals surface area contributed by atoms with Gasteiger partial charge in [0.2, 0.25) is 0 Å². The van der Waals surface area contributed by atoms with Gasteiger partial charge in [-0.2, -0.15) is 0 Å². The van der Waals surface area contributed by atoms with Crippen molar-refractivity contribution in [3.8, 4) is 0 Å². The van der Waals surface area contributed by atoms with Crippen molar-refractivity contribution in [2.24, 2.45) is 20.0 Å². The monoisotopic (exact) mass is 271 g/mol. The van der Waals surface area contributed by atoms with Crippen molar-refractivity contribution >= 4 is 34.9 Å². The first kappa shape index (κ1) is 12.1. The van der Waals surface area contributed by atoms with E-state index in [2.05, 4.69) is 37.4 Å². The maximum Gasteiger partial charge on any atom is 0.168 e. The highest BCUT2D eigenvalue weighted by Crippen LogP contribution is 2.17. The third kappa shape index (κ3) is 2.58. The van der Waals surface area contributed by atoms with Crippen molar-refractivity contribution in [1.29, 1.82) is 0 Å². The molecule has 0 fully saturated rings. The highest BCUT2D eigenvalue weighted by molar-refractivity contribution is 8.13. The number of benzene rings is 1. The Labute approximate surface area is 115 Å². The molecule has 0 aromatic heterocycles. The predicted octanol–water partition coefficient (Wildman–Crippen LogP) is 1.72. The third-order valence-corrected chi connectivity index (χ3v) is 3.76. The fraction of sp³-hybridized carbons (Fsp3) is 0.231. The van der Waals surface area contributed by atoms with Crippen molar-refractivity contribution in [2.75, 3.05) is 7.05 Å². The molecule has 6 heteroatoms. The van der Waals surface area contributed by atoms with Crippen LogP contribution >= 0.6 is 11.8 Å². The van der Waals surface area contributed by atoms with Crippen LogP contribution in [0.3, 0.4) is 0 Å². The van der Waals surface area contributed by atoms with Gasteiger partial charge in [0.15, 0.2) is 17.0 Å². The number of nitrogens with zero attached hydrogens (tertiary/aromatic N) is 4. The topological polar surface area (TPSA) is 61.5 Å². The van der Waals surface area contributed by atoms with Crippen LogP contribution in [0.15, 0.2) is 50.3 Å². The second kappa shape index (κ2) is 5.36. The molecule has 2 aliphatic heterocycles. The third-order valence-electron chi connectivity index (χ3n) is 2.81. The highest BCUT2D eigenvalue weighted by Gasteiger charge is 2.29. The molecule has 0 saturated carbocycles. The smallest absolute Gasteiger partial charge is 0.168 e. The second-order valence-corrected chi connectivity index (χ2v) is 5.04. The van der Waals surface area contributed by atoms with Crippen LogP contribution in [0, 0.1) is 0 Å². The van der Waals surface area contributed by atoms with Crippen molar-refractivity contribution in [3.63, 3.8) is 0 Å². The molecule has 0 saturated heterocycles. The molecular weight excluding hydrogens is 258 g/mol. The molecule has 1 aromatic carbocycles. The first-order valence-corrected chi connectivity index (χ1v) is 6.94. The van der Waals surface area contributed by atoms with Crippen LogP contribution in [0.2, 0.25) is 0 Å². The van der Waals surface area contributed by atoms with Crippen molar-refractivity contribution in [2.45, 2.75) is 11.8 Å². The summed E-state index contributed by atoms with van der Waals surface area (Å²) in [6.45, 7) is 0. The summed E-state index contributed by atoms with van der Waals surface area (Å²) >= 11 is 1.64. The summed E-state index contributed by atoms with van der Waals surface area (Å²) in [5.41, 5.74) is 1.26. The molecule has 96 valence electrons. The van der Waals surface area contributed by atoms with Crippen LogP contribution in [0.25, 0.3) is 0 Å². The summed E-state index contributed by atoms with van der Waals surface area (Å²) in [7, 11) is 1.73. The Morgan fingerprint density at radius 1 is 1.32 bits per heavy atom. The average Bonchev–Trinajstić information content (AvgIpc) is 2.93. The molecule has 5 nitrogen and oxygen atoms in total. The standard InChI is InChI=1S/C13H13N5S/c1-14-11-10-12(16-8-15-10)18-13(17-11)19-7-9-5-3-2-4-6-9/h2-6,8,10H,7H2,1H3,(H,14,15,16,17,18). The first-order chi connectivity index (χ1) is 9.36. The summed E-state index contributed by atoms with van der Waals surface area (Å²) in [5.74, 6) is 2.38. The molecule has 0 bridgehead atoms. The number of amidine groups is 3. The van der Waals surface area contributed by atoms with Gasteiger partial charge in [0.05, 0.1) is 0 Å². The van der Waals surface area contributed by atoms with Crippen molar-refractivity contribution < 1.29 is 0 Å². The minimum absolute atomic E-state index is 0.147. The van der Waals surface area contributed by atoms with E-state index in [4.69, 9.17) is 0 Å². The van der Waals surface area contributed by atoms with Crippen LogP contribution < -0.4 is 5.32 Å². The Kier molecular flexibility index (Phi) is 3.41. The lowest BCUT2D eigenvalue weighted by Gasteiger charge is -2.19. The molecule has 1 aromatic rings. The van der Waals surface area contributed by atoms with E-state index in [0.717, 1.165) is 16.8 Å². The van der Waals surface area contributed by atoms with E-state index in [0.29, 0.717) is 5.84 Å². The van der Waals surface area contributed by atoms with Crippen LogP contribution in [0.1, 0.15) is 5.56 Å². The zero-order chi connectivity index (χ0) is 13.1. The lowest BCUT2D eigenvalue weighted by atomic mass is 10.2. The van der Waals surface area contributed by atoms with Gasteiger partial charge < -0.3 is 5.32 Å². The van der Waals surface area contributed by atoms with Gasteiger partial charge in [-0.25, -0.2) is 9.98 Å². The molecule has 3 rings (SSSR count). The maximum atomic E-state index is 4.48. The molecule has 19 heavy (non-hydrogen) atoms. The van der Waals surface area contributed by atoms with Gasteiger partial charge in [0, 0.05) is 12.8 Å². The molecule has 1 N–H and O–H groups in total. The zero-order valence-electron chi connectivity index (χ0n) is 10.4. The molecule has 0 spiro atoms. The van der Waals surface area contributed by atoms with Gasteiger partial charge in [-0.05, 0) is 5.56 Å². The molecule has 2 aliphatic rings. The quantitative estimate of drug-likeness (QED) is 0.890. The van der Waals surface area contributed by atoms with Crippen LogP contribution in [-0.4, -0.2) is 36.3 Å². The molecule has 0 radical (unpaired) electrons. The number of nitrogens with one attached hydrogen (secondary N) is 1. The Hall–Kier alpha value is -1.95. The van der Waals surface area contributed by atoms with E-state index in [-0.39, 0.29) is 6.04 Å². The van der Waals surface area contributed by atoms with E-state index in [9.17, 15) is 0 Å². The fourth-order valence-corrected chi connectivity index (χ4v) is 2.69. The van der Waals surface area contributed by atoms with Gasteiger partial charge in [-0.1, -0.05) is 42.1 Å². The second-order valence-electron chi connectivity index (χ2n) is 4.08. The number of rotatable bonds is 2. The number of fused-ring (bicyclic) bond motifs is 1. The van der Waals surface area contributed by atoms with E-state index in [1.165, 1.54) is 5.56 Å². The minimum atomic E-state index is -0.147. The largest absolute Gasteiger partial charge is 0.321 e. The summed E-state index contributed by atoms with van der Waals surface area (Å²) in [6.07, 6.45) is 1.55. The lowest BCUT2D eigenvalue weighted by Crippen LogP contribution is -2.44. The van der Waals surface area contributed by atoms with Crippen LogP contribution in [0.4, 0.5) is 0 Å². The Bertz CT molecular complexity index is 588. The van der Waals surface area contributed by atoms with Gasteiger partial charge in [0.1, 0.15) is 12.2 Å². The molecule has 2 heterocycles. The van der Waals surface area contributed by atoms with Gasteiger partial charge >= 0.3 is 0 Å². The van der Waals surface area contributed by atoms with Gasteiger partial charge in [0.25, 0.3) is 0 Å². The summed E-state index contributed by atoms with van der Waals surface area (Å²) in [5, 5.41) is 4.03. The first-order valence-electron chi connectivity index (χ1n) is 5.95.